The highest BCUT2D eigenvalue weighted by Crippen LogP contribution is 2.16. The smallest absolute Gasteiger partial charge is 0.107 e. The molecule has 0 unspecified atom stereocenters. The van der Waals surface area contributed by atoms with Crippen molar-refractivity contribution < 1.29 is 0 Å². The molecule has 0 bridgehead atoms. The fourth-order valence-electron chi connectivity index (χ4n) is 2.03. The molecular weight excluding hydrogens is 230 g/mol. The van der Waals surface area contributed by atoms with Gasteiger partial charge in [-0.3, -0.25) is 0 Å². The molecule has 0 aliphatic heterocycles. The Balaban J connectivity index is 3.57. The summed E-state index contributed by atoms with van der Waals surface area (Å²) in [6.07, 6.45) is 0. The minimum absolute atomic E-state index is 0.666. The summed E-state index contributed by atoms with van der Waals surface area (Å²) in [5.41, 5.74) is 0.666. The van der Waals surface area contributed by atoms with E-state index in [-0.39, 0.29) is 0 Å². The number of benzene rings is 1. The summed E-state index contributed by atoms with van der Waals surface area (Å²) in [5, 5.41) is 5.89. The van der Waals surface area contributed by atoms with E-state index in [4.69, 9.17) is 0 Å². The molecule has 0 saturated carbocycles. The van der Waals surface area contributed by atoms with Crippen molar-refractivity contribution >= 4 is 32.2 Å². The van der Waals surface area contributed by atoms with Gasteiger partial charge in [0.2, 0.25) is 0 Å². The van der Waals surface area contributed by atoms with Crippen LogP contribution in [0.1, 0.15) is 0 Å². The van der Waals surface area contributed by atoms with Crippen LogP contribution < -0.4 is 10.4 Å². The van der Waals surface area contributed by atoms with E-state index in [2.05, 4.69) is 50.5 Å². The van der Waals surface area contributed by atoms with E-state index in [0.717, 1.165) is 0 Å². The second kappa shape index (κ2) is 4.26. The van der Waals surface area contributed by atoms with Gasteiger partial charge in [-0.15, -0.1) is 4.91 Å². The van der Waals surface area contributed by atoms with E-state index < -0.39 is 16.1 Å². The number of hydrogen-bond donors (Lipinski definition) is 0. The largest absolute Gasteiger partial charge is 0.145 e. The standard InChI is InChI=1S/C12H21NOSi2/c1-15(2,3)11-9-7-8-10(13-14)12(11)16(4,5)6/h7-9H,1-6H3. The van der Waals surface area contributed by atoms with Crippen molar-refractivity contribution in [2.24, 2.45) is 5.18 Å². The summed E-state index contributed by atoms with van der Waals surface area (Å²) in [6, 6.07) is 6.01. The molecule has 1 aromatic rings. The van der Waals surface area contributed by atoms with Crippen LogP contribution in [0.2, 0.25) is 39.3 Å². The van der Waals surface area contributed by atoms with Gasteiger partial charge in [-0.2, -0.15) is 0 Å². The lowest BCUT2D eigenvalue weighted by Crippen LogP contribution is -2.56. The fraction of sp³-hybridized carbons (Fsp3) is 0.500. The van der Waals surface area contributed by atoms with E-state index in [1.807, 2.05) is 12.1 Å². The van der Waals surface area contributed by atoms with Gasteiger partial charge < -0.3 is 0 Å². The highest BCUT2D eigenvalue weighted by atomic mass is 28.3. The van der Waals surface area contributed by atoms with Gasteiger partial charge in [0, 0.05) is 0 Å². The average molecular weight is 251 g/mol. The summed E-state index contributed by atoms with van der Waals surface area (Å²) in [5.74, 6) is 0. The molecule has 0 aromatic heterocycles. The van der Waals surface area contributed by atoms with Gasteiger partial charge in [0.15, 0.2) is 0 Å². The summed E-state index contributed by atoms with van der Waals surface area (Å²) < 4.78 is 0. The van der Waals surface area contributed by atoms with Gasteiger partial charge in [-0.1, -0.05) is 56.6 Å². The highest BCUT2D eigenvalue weighted by Gasteiger charge is 2.29. The van der Waals surface area contributed by atoms with Crippen LogP contribution in [0.4, 0.5) is 5.69 Å². The Morgan fingerprint density at radius 2 is 1.50 bits per heavy atom. The van der Waals surface area contributed by atoms with Crippen LogP contribution >= 0.6 is 0 Å². The van der Waals surface area contributed by atoms with Crippen LogP contribution in [0.5, 0.6) is 0 Å². The zero-order valence-corrected chi connectivity index (χ0v) is 13.1. The predicted molar refractivity (Wildman–Crippen MR) is 77.9 cm³/mol. The first-order valence-electron chi connectivity index (χ1n) is 5.65. The molecule has 0 spiro atoms. The lowest BCUT2D eigenvalue weighted by atomic mass is 10.3. The van der Waals surface area contributed by atoms with E-state index in [1.54, 1.807) is 0 Å². The minimum atomic E-state index is -1.51. The van der Waals surface area contributed by atoms with Crippen molar-refractivity contribution in [1.29, 1.82) is 0 Å². The van der Waals surface area contributed by atoms with Gasteiger partial charge in [-0.25, -0.2) is 0 Å². The van der Waals surface area contributed by atoms with Crippen LogP contribution in [-0.2, 0) is 0 Å². The first-order chi connectivity index (χ1) is 7.18. The Labute approximate surface area is 100 Å². The van der Waals surface area contributed by atoms with Crippen molar-refractivity contribution in [2.45, 2.75) is 39.3 Å². The lowest BCUT2D eigenvalue weighted by molar-refractivity contribution is 1.51. The maximum absolute atomic E-state index is 10.9. The third-order valence-electron chi connectivity index (χ3n) is 2.70. The maximum Gasteiger partial charge on any atom is 0.107 e. The third kappa shape index (κ3) is 2.68. The van der Waals surface area contributed by atoms with E-state index in [0.29, 0.717) is 5.69 Å². The molecule has 0 atom stereocenters. The quantitative estimate of drug-likeness (QED) is 0.599. The maximum atomic E-state index is 10.9. The molecule has 0 aliphatic carbocycles. The summed E-state index contributed by atoms with van der Waals surface area (Å²) in [7, 11) is -2.91. The van der Waals surface area contributed by atoms with Crippen LogP contribution in [0.15, 0.2) is 23.4 Å². The van der Waals surface area contributed by atoms with Crippen LogP contribution in [0, 0.1) is 4.91 Å². The lowest BCUT2D eigenvalue weighted by Gasteiger charge is -2.28. The van der Waals surface area contributed by atoms with Crippen molar-refractivity contribution in [3.8, 4) is 0 Å². The zero-order chi connectivity index (χ0) is 12.6. The van der Waals surface area contributed by atoms with Crippen molar-refractivity contribution in [3.05, 3.63) is 23.1 Å². The molecule has 0 heterocycles. The molecule has 0 N–H and O–H groups in total. The van der Waals surface area contributed by atoms with Crippen LogP contribution in [-0.4, -0.2) is 16.1 Å². The highest BCUT2D eigenvalue weighted by molar-refractivity contribution is 6.99. The van der Waals surface area contributed by atoms with Crippen LogP contribution in [0.3, 0.4) is 0 Å². The van der Waals surface area contributed by atoms with Gasteiger partial charge >= 0.3 is 0 Å². The molecule has 0 aliphatic rings. The molecule has 0 fully saturated rings. The molecule has 16 heavy (non-hydrogen) atoms. The molecular formula is C12H21NOSi2. The Morgan fingerprint density at radius 3 is 1.88 bits per heavy atom. The average Bonchev–Trinajstić information content (AvgIpc) is 2.13. The normalized spacial score (nSPS) is 12.6. The van der Waals surface area contributed by atoms with Crippen molar-refractivity contribution in [3.63, 3.8) is 0 Å². The third-order valence-corrected chi connectivity index (χ3v) is 7.01. The monoisotopic (exact) mass is 251 g/mol. The Kier molecular flexibility index (Phi) is 3.54. The zero-order valence-electron chi connectivity index (χ0n) is 11.1. The van der Waals surface area contributed by atoms with Gasteiger partial charge in [0.05, 0.1) is 16.1 Å². The Hall–Kier alpha value is -0.746. The summed E-state index contributed by atoms with van der Waals surface area (Å²) in [6.45, 7) is 13.8. The molecule has 0 amide bonds. The number of hydrogen-bond acceptors (Lipinski definition) is 2. The molecule has 1 aromatic carbocycles. The number of rotatable bonds is 3. The molecule has 0 saturated heterocycles. The van der Waals surface area contributed by atoms with Gasteiger partial charge in [0.25, 0.3) is 0 Å². The SMILES string of the molecule is C[Si](C)(C)c1cccc(N=O)c1[Si](C)(C)C. The second-order valence-electron chi connectivity index (χ2n) is 6.29. The molecule has 1 rings (SSSR count). The topological polar surface area (TPSA) is 29.4 Å². The van der Waals surface area contributed by atoms with E-state index in [1.165, 1.54) is 10.4 Å². The summed E-state index contributed by atoms with van der Waals surface area (Å²) in [4.78, 5) is 10.9. The van der Waals surface area contributed by atoms with E-state index in [9.17, 15) is 4.91 Å². The molecule has 4 heteroatoms. The minimum Gasteiger partial charge on any atom is -0.145 e. The predicted octanol–water partition coefficient (Wildman–Crippen LogP) is 3.17. The fourth-order valence-corrected chi connectivity index (χ4v) is 7.54. The van der Waals surface area contributed by atoms with E-state index >= 15 is 0 Å². The first kappa shape index (κ1) is 13.3. The Morgan fingerprint density at radius 1 is 0.938 bits per heavy atom. The van der Waals surface area contributed by atoms with Crippen LogP contribution in [0.25, 0.3) is 0 Å². The van der Waals surface area contributed by atoms with Crippen molar-refractivity contribution in [1.82, 2.24) is 0 Å². The Bertz CT molecular complexity index is 402. The molecule has 2 nitrogen and oxygen atoms in total. The first-order valence-corrected chi connectivity index (χ1v) is 12.7. The van der Waals surface area contributed by atoms with Gasteiger partial charge in [0.1, 0.15) is 5.69 Å². The second-order valence-corrected chi connectivity index (χ2v) is 16.3. The molecule has 88 valence electrons. The summed E-state index contributed by atoms with van der Waals surface area (Å²) >= 11 is 0. The number of nitrogens with zero attached hydrogens (tertiary/aromatic N) is 1. The number of nitroso groups, excluding NO2 is 1. The van der Waals surface area contributed by atoms with Crippen molar-refractivity contribution in [2.75, 3.05) is 0 Å². The van der Waals surface area contributed by atoms with Gasteiger partial charge in [-0.05, 0) is 16.4 Å². The molecule has 0 radical (unpaired) electrons.